The maximum absolute atomic E-state index is 12.9. The monoisotopic (exact) mass is 322 g/mol. The Hall–Kier alpha value is -2.29. The van der Waals surface area contributed by atoms with Crippen molar-refractivity contribution in [3.63, 3.8) is 0 Å². The van der Waals surface area contributed by atoms with Gasteiger partial charge in [-0.15, -0.1) is 0 Å². The lowest BCUT2D eigenvalue weighted by Gasteiger charge is -2.25. The van der Waals surface area contributed by atoms with Crippen LogP contribution in [0.5, 0.6) is 0 Å². The zero-order chi connectivity index (χ0) is 17.4. The average molecular weight is 322 g/mol. The molecule has 1 heterocycles. The van der Waals surface area contributed by atoms with Crippen molar-refractivity contribution in [2.45, 2.75) is 53.6 Å². The van der Waals surface area contributed by atoms with Crippen LogP contribution in [0.1, 0.15) is 41.2 Å². The Balaban J connectivity index is 2.08. The summed E-state index contributed by atoms with van der Waals surface area (Å²) in [6.45, 7) is 11.3. The Morgan fingerprint density at radius 2 is 1.71 bits per heavy atom. The van der Waals surface area contributed by atoms with Gasteiger partial charge in [0.25, 0.3) is 0 Å². The van der Waals surface area contributed by atoms with E-state index in [0.29, 0.717) is 13.0 Å². The largest absolute Gasteiger partial charge is 0.380 e. The molecule has 0 saturated carbocycles. The first kappa shape index (κ1) is 16.6. The van der Waals surface area contributed by atoms with E-state index >= 15 is 0 Å². The van der Waals surface area contributed by atoms with Crippen LogP contribution in [0, 0.1) is 27.7 Å². The fourth-order valence-electron chi connectivity index (χ4n) is 3.52. The van der Waals surface area contributed by atoms with Crippen molar-refractivity contribution in [3.05, 3.63) is 58.1 Å². The van der Waals surface area contributed by atoms with Crippen LogP contribution in [0.15, 0.2) is 30.3 Å². The van der Waals surface area contributed by atoms with Gasteiger partial charge in [0.15, 0.2) is 0 Å². The highest BCUT2D eigenvalue weighted by atomic mass is 16.2. The molecule has 0 radical (unpaired) electrons. The summed E-state index contributed by atoms with van der Waals surface area (Å²) in [5.41, 5.74) is 8.43. The van der Waals surface area contributed by atoms with E-state index in [0.717, 1.165) is 11.4 Å². The topological polar surface area (TPSA) is 32.3 Å². The molecule has 1 aliphatic rings. The van der Waals surface area contributed by atoms with Gasteiger partial charge in [0.05, 0.1) is 17.9 Å². The Bertz CT molecular complexity index is 768. The summed E-state index contributed by atoms with van der Waals surface area (Å²) >= 11 is 0. The van der Waals surface area contributed by atoms with Crippen LogP contribution in [0.25, 0.3) is 0 Å². The first-order valence-electron chi connectivity index (χ1n) is 8.60. The Kier molecular flexibility index (Phi) is 4.35. The van der Waals surface area contributed by atoms with Crippen molar-refractivity contribution in [3.8, 4) is 0 Å². The van der Waals surface area contributed by atoms with Crippen LogP contribution in [-0.2, 0) is 11.3 Å². The maximum atomic E-state index is 12.9. The Labute approximate surface area is 144 Å². The molecule has 1 atom stereocenters. The van der Waals surface area contributed by atoms with E-state index in [2.05, 4.69) is 52.1 Å². The number of benzene rings is 2. The lowest BCUT2D eigenvalue weighted by Crippen LogP contribution is -2.31. The smallest absolute Gasteiger partial charge is 0.229 e. The first-order chi connectivity index (χ1) is 11.4. The Morgan fingerprint density at radius 1 is 1.08 bits per heavy atom. The van der Waals surface area contributed by atoms with Gasteiger partial charge in [-0.1, -0.05) is 18.2 Å². The zero-order valence-corrected chi connectivity index (χ0v) is 15.2. The molecule has 2 aromatic rings. The van der Waals surface area contributed by atoms with Gasteiger partial charge in [-0.05, 0) is 74.6 Å². The van der Waals surface area contributed by atoms with Crippen LogP contribution in [0.2, 0.25) is 0 Å². The zero-order valence-electron chi connectivity index (χ0n) is 15.2. The lowest BCUT2D eigenvalue weighted by atomic mass is 9.93. The lowest BCUT2D eigenvalue weighted by molar-refractivity contribution is -0.118. The third kappa shape index (κ3) is 2.91. The van der Waals surface area contributed by atoms with Gasteiger partial charge >= 0.3 is 0 Å². The highest BCUT2D eigenvalue weighted by Crippen LogP contribution is 2.33. The van der Waals surface area contributed by atoms with E-state index < -0.39 is 0 Å². The molecule has 2 aromatic carbocycles. The summed E-state index contributed by atoms with van der Waals surface area (Å²) < 4.78 is 0. The number of fused-ring (bicyclic) bond motifs is 1. The summed E-state index contributed by atoms with van der Waals surface area (Å²) in [4.78, 5) is 14.8. The van der Waals surface area contributed by atoms with Gasteiger partial charge in [-0.2, -0.15) is 0 Å². The summed E-state index contributed by atoms with van der Waals surface area (Å²) in [5, 5.41) is 3.46. The van der Waals surface area contributed by atoms with Crippen LogP contribution in [-0.4, -0.2) is 11.9 Å². The predicted molar refractivity (Wildman–Crippen MR) is 101 cm³/mol. The molecule has 3 rings (SSSR count). The predicted octanol–water partition coefficient (Wildman–Crippen LogP) is 4.66. The molecule has 0 unspecified atom stereocenters. The summed E-state index contributed by atoms with van der Waals surface area (Å²) in [6.07, 6.45) is 0.511. The molecule has 0 spiro atoms. The number of hydrogen-bond donors (Lipinski definition) is 1. The van der Waals surface area contributed by atoms with Crippen LogP contribution in [0.4, 0.5) is 11.4 Å². The van der Waals surface area contributed by atoms with Crippen LogP contribution < -0.4 is 10.2 Å². The number of nitrogens with one attached hydrogen (secondary N) is 1. The second-order valence-corrected chi connectivity index (χ2v) is 6.99. The van der Waals surface area contributed by atoms with E-state index in [1.807, 2.05) is 23.1 Å². The Morgan fingerprint density at radius 3 is 2.38 bits per heavy atom. The maximum Gasteiger partial charge on any atom is 0.229 e. The van der Waals surface area contributed by atoms with Gasteiger partial charge in [-0.25, -0.2) is 0 Å². The second kappa shape index (κ2) is 6.31. The molecule has 0 saturated heterocycles. The van der Waals surface area contributed by atoms with Crippen molar-refractivity contribution in [2.75, 3.05) is 10.2 Å². The van der Waals surface area contributed by atoms with E-state index in [1.165, 1.54) is 27.8 Å². The number of carbonyl (C=O) groups excluding carboxylic acids is 1. The third-order valence-corrected chi connectivity index (χ3v) is 5.22. The minimum absolute atomic E-state index is 0.144. The van der Waals surface area contributed by atoms with Crippen LogP contribution >= 0.6 is 0 Å². The number of rotatable bonds is 2. The number of amides is 1. The van der Waals surface area contributed by atoms with Crippen molar-refractivity contribution >= 4 is 17.3 Å². The molecular weight excluding hydrogens is 296 g/mol. The first-order valence-corrected chi connectivity index (χ1v) is 8.60. The standard InChI is InChI=1S/C21H26N2O/c1-13-10-14(2)17(5)18(16(13)4)12-23-20-9-7-6-8-19(20)22-15(3)11-21(23)24/h6-10,15,22H,11-12H2,1-5H3/t15-/m0/s1. The SMILES string of the molecule is Cc1cc(C)c(C)c(CN2C(=O)C[C@H](C)Nc3ccccc32)c1C. The van der Waals surface area contributed by atoms with E-state index in [9.17, 15) is 4.79 Å². The number of nitrogens with zero attached hydrogens (tertiary/aromatic N) is 1. The third-order valence-electron chi connectivity index (χ3n) is 5.22. The quantitative estimate of drug-likeness (QED) is 0.872. The number of carbonyl (C=O) groups is 1. The van der Waals surface area contributed by atoms with Crippen LogP contribution in [0.3, 0.4) is 0 Å². The molecule has 0 bridgehead atoms. The minimum atomic E-state index is 0.144. The molecular formula is C21H26N2O. The van der Waals surface area contributed by atoms with Crippen molar-refractivity contribution in [2.24, 2.45) is 0 Å². The highest BCUT2D eigenvalue weighted by molar-refractivity contribution is 5.98. The highest BCUT2D eigenvalue weighted by Gasteiger charge is 2.26. The number of anilines is 2. The van der Waals surface area contributed by atoms with Gasteiger partial charge in [0.2, 0.25) is 5.91 Å². The van der Waals surface area contributed by atoms with Gasteiger partial charge < -0.3 is 10.2 Å². The van der Waals surface area contributed by atoms with Crippen molar-refractivity contribution in [1.82, 2.24) is 0 Å². The van der Waals surface area contributed by atoms with Gasteiger partial charge in [0, 0.05) is 12.5 Å². The summed E-state index contributed by atoms with van der Waals surface area (Å²) in [5.74, 6) is 0.179. The molecule has 0 aliphatic carbocycles. The van der Waals surface area contributed by atoms with E-state index in [4.69, 9.17) is 0 Å². The molecule has 126 valence electrons. The molecule has 3 nitrogen and oxygen atoms in total. The molecule has 0 fully saturated rings. The minimum Gasteiger partial charge on any atom is -0.380 e. The summed E-state index contributed by atoms with van der Waals surface area (Å²) in [7, 11) is 0. The fourth-order valence-corrected chi connectivity index (χ4v) is 3.52. The van der Waals surface area contributed by atoms with E-state index in [1.54, 1.807) is 0 Å². The molecule has 1 amide bonds. The van der Waals surface area contributed by atoms with Gasteiger partial charge in [-0.3, -0.25) is 4.79 Å². The van der Waals surface area contributed by atoms with Crippen molar-refractivity contribution in [1.29, 1.82) is 0 Å². The molecule has 3 heteroatoms. The van der Waals surface area contributed by atoms with Gasteiger partial charge in [0.1, 0.15) is 0 Å². The fraction of sp³-hybridized carbons (Fsp3) is 0.381. The normalized spacial score (nSPS) is 17.3. The number of para-hydroxylation sites is 2. The summed E-state index contributed by atoms with van der Waals surface area (Å²) in [6, 6.07) is 10.5. The number of aryl methyl sites for hydroxylation is 2. The average Bonchev–Trinajstić information content (AvgIpc) is 2.65. The van der Waals surface area contributed by atoms with Crippen molar-refractivity contribution < 1.29 is 4.79 Å². The molecule has 1 N–H and O–H groups in total. The molecule has 24 heavy (non-hydrogen) atoms. The van der Waals surface area contributed by atoms with E-state index in [-0.39, 0.29) is 11.9 Å². The second-order valence-electron chi connectivity index (χ2n) is 6.99. The number of hydrogen-bond acceptors (Lipinski definition) is 2. The molecule has 1 aliphatic heterocycles. The molecule has 0 aromatic heterocycles.